The minimum atomic E-state index is -0.640. The number of aryl methyl sites for hydroxylation is 1. The molecule has 3 atom stereocenters. The van der Waals surface area contributed by atoms with Crippen molar-refractivity contribution in [2.45, 2.75) is 38.1 Å². The van der Waals surface area contributed by atoms with Gasteiger partial charge in [0.05, 0.1) is 6.54 Å². The molecule has 1 aromatic carbocycles. The lowest BCUT2D eigenvalue weighted by molar-refractivity contribution is -0.157. The molecule has 2 aliphatic heterocycles. The Balaban J connectivity index is 1.61. The second-order valence-corrected chi connectivity index (χ2v) is 5.50. The number of hydrogen-bond donors (Lipinski definition) is 0. The van der Waals surface area contributed by atoms with Crippen LogP contribution in [0, 0.1) is 0 Å². The van der Waals surface area contributed by atoms with Gasteiger partial charge in [-0.3, -0.25) is 19.3 Å². The average Bonchev–Trinajstić information content (AvgIpc) is 3.29. The fraction of sp³-hybridized carbons (Fsp3) is 0.438. The van der Waals surface area contributed by atoms with Gasteiger partial charge in [0.2, 0.25) is 5.91 Å². The molecule has 0 radical (unpaired) electrons. The Morgan fingerprint density at radius 1 is 1.32 bits per heavy atom. The quantitative estimate of drug-likeness (QED) is 0.604. The first kappa shape index (κ1) is 14.7. The normalized spacial score (nSPS) is 26.3. The first-order chi connectivity index (χ1) is 10.6. The summed E-state index contributed by atoms with van der Waals surface area (Å²) in [7, 11) is 0. The van der Waals surface area contributed by atoms with Crippen LogP contribution in [0.4, 0.5) is 0 Å². The monoisotopic (exact) mass is 303 g/mol. The summed E-state index contributed by atoms with van der Waals surface area (Å²) in [5, 5.41) is 0. The first-order valence-electron chi connectivity index (χ1n) is 7.27. The van der Waals surface area contributed by atoms with Crippen LogP contribution in [-0.2, 0) is 30.3 Å². The van der Waals surface area contributed by atoms with E-state index in [1.54, 1.807) is 0 Å². The zero-order chi connectivity index (χ0) is 15.7. The number of likely N-dealkylation sites (tertiary alicyclic amines) is 1. The lowest BCUT2D eigenvalue weighted by Gasteiger charge is -2.28. The molecule has 2 saturated heterocycles. The van der Waals surface area contributed by atoms with Gasteiger partial charge in [-0.25, -0.2) is 0 Å². The van der Waals surface area contributed by atoms with Crippen LogP contribution >= 0.6 is 0 Å². The van der Waals surface area contributed by atoms with Crippen LogP contribution in [0.15, 0.2) is 30.3 Å². The second kappa shape index (κ2) is 5.88. The van der Waals surface area contributed by atoms with Crippen LogP contribution in [0.3, 0.4) is 0 Å². The molecule has 2 amide bonds. The number of piperidine rings is 1. The van der Waals surface area contributed by atoms with Crippen LogP contribution in [0.2, 0.25) is 0 Å². The van der Waals surface area contributed by atoms with Gasteiger partial charge in [0.15, 0.2) is 6.10 Å². The summed E-state index contributed by atoms with van der Waals surface area (Å²) in [6.45, 7) is 1.38. The summed E-state index contributed by atoms with van der Waals surface area (Å²) in [6, 6.07) is 9.60. The number of carbonyl (C=O) groups is 3. The number of carbonyl (C=O) groups excluding carboxylic acids is 3. The fourth-order valence-corrected chi connectivity index (χ4v) is 2.71. The summed E-state index contributed by atoms with van der Waals surface area (Å²) >= 11 is 0. The summed E-state index contributed by atoms with van der Waals surface area (Å²) in [4.78, 5) is 36.6. The standard InChI is InChI=1S/C16H17NO5/c1-10(18)21-12-9-17(16(20)15-14(12)22-15)13(19)8-7-11-5-3-2-4-6-11/h2-6,12,14-15H,7-9H2,1H3/t12-,14+,15+/m1/s1. The van der Waals surface area contributed by atoms with Crippen molar-refractivity contribution in [3.05, 3.63) is 35.9 Å². The molecule has 2 fully saturated rings. The molecule has 0 saturated carbocycles. The summed E-state index contributed by atoms with van der Waals surface area (Å²) in [6.07, 6.45) is -0.787. The van der Waals surface area contributed by atoms with Crippen molar-refractivity contribution < 1.29 is 23.9 Å². The molecule has 2 heterocycles. The van der Waals surface area contributed by atoms with Gasteiger partial charge in [0, 0.05) is 13.3 Å². The van der Waals surface area contributed by atoms with Crippen molar-refractivity contribution >= 4 is 17.8 Å². The maximum Gasteiger partial charge on any atom is 0.303 e. The van der Waals surface area contributed by atoms with Gasteiger partial charge in [-0.2, -0.15) is 0 Å². The summed E-state index contributed by atoms with van der Waals surface area (Å²) in [5.41, 5.74) is 1.04. The van der Waals surface area contributed by atoms with E-state index in [0.29, 0.717) is 6.42 Å². The highest BCUT2D eigenvalue weighted by Gasteiger charge is 2.58. The molecule has 6 heteroatoms. The molecule has 1 aromatic rings. The Labute approximate surface area is 128 Å². The van der Waals surface area contributed by atoms with Gasteiger partial charge in [-0.1, -0.05) is 30.3 Å². The molecule has 0 unspecified atom stereocenters. The molecule has 0 aliphatic carbocycles. The van der Waals surface area contributed by atoms with E-state index in [1.165, 1.54) is 6.92 Å². The fourth-order valence-electron chi connectivity index (χ4n) is 2.71. The van der Waals surface area contributed by atoms with Crippen LogP contribution in [0.25, 0.3) is 0 Å². The molecule has 0 bridgehead atoms. The van der Waals surface area contributed by atoms with Crippen molar-refractivity contribution in [2.24, 2.45) is 0 Å². The van der Waals surface area contributed by atoms with E-state index in [2.05, 4.69) is 0 Å². The molecule has 6 nitrogen and oxygen atoms in total. The van der Waals surface area contributed by atoms with E-state index in [-0.39, 0.29) is 24.8 Å². The molecule has 3 rings (SSSR count). The largest absolute Gasteiger partial charge is 0.458 e. The highest BCUT2D eigenvalue weighted by molar-refractivity contribution is 5.99. The third-order valence-corrected chi connectivity index (χ3v) is 3.85. The SMILES string of the molecule is CC(=O)O[C@@H]1CN(C(=O)CCc2ccccc2)C(=O)[C@H]2O[C@H]21. The maximum absolute atomic E-state index is 12.3. The van der Waals surface area contributed by atoms with Gasteiger partial charge >= 0.3 is 5.97 Å². The van der Waals surface area contributed by atoms with Crippen LogP contribution < -0.4 is 0 Å². The van der Waals surface area contributed by atoms with Gasteiger partial charge in [0.25, 0.3) is 5.91 Å². The predicted octanol–water partition coefficient (Wildman–Crippen LogP) is 0.687. The lowest BCUT2D eigenvalue weighted by atomic mass is 10.1. The Morgan fingerprint density at radius 2 is 2.05 bits per heavy atom. The predicted molar refractivity (Wildman–Crippen MR) is 75.7 cm³/mol. The number of amides is 2. The number of benzene rings is 1. The van der Waals surface area contributed by atoms with Gasteiger partial charge in [0.1, 0.15) is 12.2 Å². The third kappa shape index (κ3) is 3.01. The molecule has 0 N–H and O–H groups in total. The van der Waals surface area contributed by atoms with E-state index >= 15 is 0 Å². The number of ether oxygens (including phenoxy) is 2. The van der Waals surface area contributed by atoms with E-state index in [9.17, 15) is 14.4 Å². The number of epoxide rings is 1. The zero-order valence-corrected chi connectivity index (χ0v) is 12.2. The summed E-state index contributed by atoms with van der Waals surface area (Å²) in [5.74, 6) is -1.03. The highest BCUT2D eigenvalue weighted by Crippen LogP contribution is 2.34. The van der Waals surface area contributed by atoms with Crippen LogP contribution in [-0.4, -0.2) is 47.5 Å². The van der Waals surface area contributed by atoms with E-state index in [1.807, 2.05) is 30.3 Å². The van der Waals surface area contributed by atoms with Crippen molar-refractivity contribution in [1.82, 2.24) is 4.90 Å². The van der Waals surface area contributed by atoms with Gasteiger partial charge in [-0.05, 0) is 12.0 Å². The Morgan fingerprint density at radius 3 is 2.73 bits per heavy atom. The molecule has 116 valence electrons. The van der Waals surface area contributed by atoms with Crippen LogP contribution in [0.5, 0.6) is 0 Å². The lowest BCUT2D eigenvalue weighted by Crippen LogP contribution is -2.51. The number of esters is 1. The zero-order valence-electron chi connectivity index (χ0n) is 12.2. The van der Waals surface area contributed by atoms with Gasteiger partial charge in [-0.15, -0.1) is 0 Å². The minimum Gasteiger partial charge on any atom is -0.458 e. The molecular weight excluding hydrogens is 286 g/mol. The van der Waals surface area contributed by atoms with Gasteiger partial charge < -0.3 is 9.47 Å². The van der Waals surface area contributed by atoms with Crippen molar-refractivity contribution in [3.63, 3.8) is 0 Å². The Kier molecular flexibility index (Phi) is 3.94. The molecule has 22 heavy (non-hydrogen) atoms. The summed E-state index contributed by atoms with van der Waals surface area (Å²) < 4.78 is 10.4. The van der Waals surface area contributed by atoms with E-state index in [4.69, 9.17) is 9.47 Å². The number of fused-ring (bicyclic) bond motifs is 1. The number of nitrogens with zero attached hydrogens (tertiary/aromatic N) is 1. The molecule has 0 aromatic heterocycles. The average molecular weight is 303 g/mol. The number of imide groups is 1. The van der Waals surface area contributed by atoms with Crippen molar-refractivity contribution in [1.29, 1.82) is 0 Å². The first-order valence-corrected chi connectivity index (χ1v) is 7.27. The van der Waals surface area contributed by atoms with E-state index in [0.717, 1.165) is 10.5 Å². The highest BCUT2D eigenvalue weighted by atomic mass is 16.6. The smallest absolute Gasteiger partial charge is 0.303 e. The third-order valence-electron chi connectivity index (χ3n) is 3.85. The Bertz CT molecular complexity index is 600. The maximum atomic E-state index is 12.3. The number of rotatable bonds is 4. The van der Waals surface area contributed by atoms with Crippen molar-refractivity contribution in [3.8, 4) is 0 Å². The molecule has 0 spiro atoms. The van der Waals surface area contributed by atoms with E-state index < -0.39 is 24.3 Å². The number of hydrogen-bond acceptors (Lipinski definition) is 5. The molecular formula is C16H17NO5. The van der Waals surface area contributed by atoms with Crippen molar-refractivity contribution in [2.75, 3.05) is 6.54 Å². The topological polar surface area (TPSA) is 76.2 Å². The molecule has 2 aliphatic rings. The Hall–Kier alpha value is -2.21. The minimum absolute atomic E-state index is 0.0766. The van der Waals surface area contributed by atoms with Crippen LogP contribution in [0.1, 0.15) is 18.9 Å². The second-order valence-electron chi connectivity index (χ2n) is 5.50.